The molecule has 8 aromatic rings. The number of aryl methyl sites for hydroxylation is 2. The summed E-state index contributed by atoms with van der Waals surface area (Å²) in [6.07, 6.45) is 2.29. The second-order valence-corrected chi connectivity index (χ2v) is 19.6. The van der Waals surface area contributed by atoms with Gasteiger partial charge in [-0.3, -0.25) is 10.6 Å². The Bertz CT molecular complexity index is 3520. The maximum atomic E-state index is 14.6. The molecular weight excluding hydrogens is 979 g/mol. The molecular formula is C48H44F6N16O4. The number of urea groups is 2. The van der Waals surface area contributed by atoms with Gasteiger partial charge in [0.25, 0.3) is 0 Å². The van der Waals surface area contributed by atoms with Crippen molar-refractivity contribution >= 4 is 34.7 Å². The molecule has 4 bridgehead atoms. The van der Waals surface area contributed by atoms with Crippen LogP contribution in [-0.2, 0) is 42.7 Å². The van der Waals surface area contributed by atoms with Crippen molar-refractivity contribution in [1.29, 1.82) is 0 Å². The fourth-order valence-corrected chi connectivity index (χ4v) is 11.8. The molecule has 0 spiro atoms. The zero-order valence-corrected chi connectivity index (χ0v) is 39.7. The number of aromatic nitrogens is 12. The Morgan fingerprint density at radius 2 is 1.23 bits per heavy atom. The molecule has 1 saturated carbocycles. The first kappa shape index (κ1) is 47.0. The van der Waals surface area contributed by atoms with E-state index in [1.807, 2.05) is 13.8 Å². The minimum absolute atomic E-state index is 0.0952. The van der Waals surface area contributed by atoms with Crippen molar-refractivity contribution in [2.45, 2.75) is 114 Å². The van der Waals surface area contributed by atoms with Crippen molar-refractivity contribution in [3.05, 3.63) is 108 Å². The van der Waals surface area contributed by atoms with E-state index in [2.05, 4.69) is 68.1 Å². The molecule has 74 heavy (non-hydrogen) atoms. The van der Waals surface area contributed by atoms with Gasteiger partial charge in [0.15, 0.2) is 11.6 Å². The lowest BCUT2D eigenvalue weighted by atomic mass is 9.62. The van der Waals surface area contributed by atoms with Gasteiger partial charge in [-0.1, -0.05) is 20.8 Å². The first-order chi connectivity index (χ1) is 35.4. The molecule has 5 aliphatic rings. The number of piperidine rings is 2. The molecule has 4 amide bonds. The summed E-state index contributed by atoms with van der Waals surface area (Å²) in [6, 6.07) is 5.68. The van der Waals surface area contributed by atoms with E-state index in [4.69, 9.17) is 8.83 Å². The van der Waals surface area contributed by atoms with Crippen LogP contribution in [0, 0.1) is 11.8 Å². The molecule has 6 atom stereocenters. The minimum atomic E-state index is -4.85. The Kier molecular flexibility index (Phi) is 10.8. The number of carbonyl (C=O) groups is 2. The maximum Gasteiger partial charge on any atom is 0.418 e. The summed E-state index contributed by atoms with van der Waals surface area (Å²) < 4.78 is 102. The lowest BCUT2D eigenvalue weighted by molar-refractivity contribution is -0.138. The molecule has 4 saturated heterocycles. The molecule has 382 valence electrons. The molecule has 1 aliphatic carbocycles. The number of hydrogen-bond donors (Lipinski definition) is 2. The van der Waals surface area contributed by atoms with Crippen LogP contribution in [0.3, 0.4) is 0 Å². The van der Waals surface area contributed by atoms with Crippen LogP contribution in [-0.4, -0.2) is 93.5 Å². The number of pyridine rings is 2. The number of nitrogens with zero attached hydrogens (tertiary/aromatic N) is 14. The lowest BCUT2D eigenvalue weighted by Crippen LogP contribution is -2.70. The lowest BCUT2D eigenvalue weighted by Gasteiger charge is -2.61. The van der Waals surface area contributed by atoms with Gasteiger partial charge in [-0.15, -0.1) is 30.6 Å². The smallest absolute Gasteiger partial charge is 0.418 e. The molecule has 8 aromatic heterocycles. The summed E-state index contributed by atoms with van der Waals surface area (Å²) in [4.78, 5) is 48.1. The van der Waals surface area contributed by atoms with Gasteiger partial charge in [-0.05, 0) is 79.8 Å². The van der Waals surface area contributed by atoms with Crippen LogP contribution in [0.15, 0.2) is 76.3 Å². The predicted octanol–water partition coefficient (Wildman–Crippen LogP) is 8.91. The number of halogens is 6. The van der Waals surface area contributed by atoms with Gasteiger partial charge in [0.2, 0.25) is 23.6 Å². The maximum absolute atomic E-state index is 14.6. The molecule has 20 nitrogen and oxygen atoms in total. The molecule has 0 unspecified atom stereocenters. The van der Waals surface area contributed by atoms with Gasteiger partial charge in [0.1, 0.15) is 22.7 Å². The van der Waals surface area contributed by atoms with E-state index in [0.29, 0.717) is 92.5 Å². The third-order valence-corrected chi connectivity index (χ3v) is 14.8. The number of nitrogens with one attached hydrogen (secondary N) is 2. The van der Waals surface area contributed by atoms with E-state index in [1.54, 1.807) is 40.4 Å². The number of hydrogen-bond acceptors (Lipinski definition) is 14. The second-order valence-electron chi connectivity index (χ2n) is 19.6. The Labute approximate surface area is 415 Å². The van der Waals surface area contributed by atoms with Crippen LogP contribution in [0.25, 0.3) is 33.8 Å². The first-order valence-electron chi connectivity index (χ1n) is 24.1. The number of fused-ring (bicyclic) bond motifs is 6. The Balaban J connectivity index is 0.792. The first-order valence-corrected chi connectivity index (χ1v) is 24.1. The van der Waals surface area contributed by atoms with Gasteiger partial charge < -0.3 is 18.6 Å². The fraction of sp³-hybridized carbons (Fsp3) is 0.417. The van der Waals surface area contributed by atoms with Crippen LogP contribution >= 0.6 is 0 Å². The molecule has 26 heteroatoms. The molecule has 12 heterocycles. The number of amides is 4. The summed E-state index contributed by atoms with van der Waals surface area (Å²) in [6.45, 7) is 5.80. The van der Waals surface area contributed by atoms with Crippen LogP contribution in [0.1, 0.15) is 99.5 Å². The van der Waals surface area contributed by atoms with E-state index in [9.17, 15) is 35.9 Å². The second kappa shape index (κ2) is 17.0. The van der Waals surface area contributed by atoms with Crippen molar-refractivity contribution in [1.82, 2.24) is 69.4 Å². The van der Waals surface area contributed by atoms with Gasteiger partial charge in [0.05, 0.1) is 34.6 Å². The third-order valence-electron chi connectivity index (χ3n) is 14.8. The number of alkyl halides is 6. The molecule has 5 fully saturated rings. The van der Waals surface area contributed by atoms with Crippen molar-refractivity contribution in [2.24, 2.45) is 11.8 Å². The third kappa shape index (κ3) is 7.74. The van der Waals surface area contributed by atoms with Gasteiger partial charge in [-0.2, -0.15) is 26.3 Å². The van der Waals surface area contributed by atoms with Gasteiger partial charge in [-0.25, -0.2) is 38.6 Å². The monoisotopic (exact) mass is 1020 g/mol. The Hall–Kier alpha value is -8.06. The predicted molar refractivity (Wildman–Crippen MR) is 246 cm³/mol. The van der Waals surface area contributed by atoms with Crippen LogP contribution < -0.4 is 10.6 Å². The topological polar surface area (TPSA) is 229 Å². The highest BCUT2D eigenvalue weighted by molar-refractivity contribution is 5.92. The quantitative estimate of drug-likeness (QED) is 0.122. The van der Waals surface area contributed by atoms with E-state index >= 15 is 0 Å². The Morgan fingerprint density at radius 1 is 0.676 bits per heavy atom. The number of carbonyl (C=O) groups excluding carboxylic acids is 2. The molecule has 0 aromatic carbocycles. The summed E-state index contributed by atoms with van der Waals surface area (Å²) in [5.74, 6) is 0.708. The standard InChI is InChI=1S/C48H44F6N16O4/c1-4-37-61-63-41(73-37)45-16-24(3)11-28(18-45)69(45)43(71)59-36-15-31(33(22-56-36)48(52,53)54)40-58-23-34-26(8-10-68(34)66-40)12-25-13-29-19-46(17-25,42-64-62-38(5-2)74-42)70(29)44(72)60-35-14-30(32(21-55-35)47(49,50)51)39-57-20-27-7-6-9-67(27)65-39/h6-10,14-15,20-25,28-29H,4-5,11-13,16-19H2,1-3H3,(H,55,60,72)(H,56,59,71)/t24-,25+,28-,29+,45+,46-/m0/s1. The number of anilines is 2. The molecule has 4 aliphatic heterocycles. The summed E-state index contributed by atoms with van der Waals surface area (Å²) in [7, 11) is 0. The van der Waals surface area contributed by atoms with Gasteiger partial charge in [0, 0.05) is 73.7 Å². The normalized spacial score (nSPS) is 23.5. The molecule has 13 rings (SSSR count). The summed E-state index contributed by atoms with van der Waals surface area (Å²) >= 11 is 0. The average Bonchev–Trinajstić information content (AvgIpc) is 4.23. The summed E-state index contributed by atoms with van der Waals surface area (Å²) in [5.41, 5.74) is -3.02. The van der Waals surface area contributed by atoms with Crippen LogP contribution in [0.4, 0.5) is 47.6 Å². The largest absolute Gasteiger partial charge is 0.423 e. The van der Waals surface area contributed by atoms with Crippen molar-refractivity contribution < 1.29 is 44.8 Å². The highest BCUT2D eigenvalue weighted by Crippen LogP contribution is 2.57. The average molecular weight is 1020 g/mol. The highest BCUT2D eigenvalue weighted by atomic mass is 19.4. The zero-order chi connectivity index (χ0) is 51.5. The van der Waals surface area contributed by atoms with Crippen LogP contribution in [0.2, 0.25) is 0 Å². The Morgan fingerprint density at radius 3 is 1.80 bits per heavy atom. The zero-order valence-electron chi connectivity index (χ0n) is 39.7. The minimum Gasteiger partial charge on any atom is -0.423 e. The summed E-state index contributed by atoms with van der Waals surface area (Å²) in [5, 5.41) is 31.1. The van der Waals surface area contributed by atoms with Crippen molar-refractivity contribution in [3.63, 3.8) is 0 Å². The van der Waals surface area contributed by atoms with E-state index in [0.717, 1.165) is 24.1 Å². The molecule has 0 radical (unpaired) electrons. The van der Waals surface area contributed by atoms with Crippen LogP contribution in [0.5, 0.6) is 0 Å². The van der Waals surface area contributed by atoms with Crippen molar-refractivity contribution in [2.75, 3.05) is 10.6 Å². The fourth-order valence-electron chi connectivity index (χ4n) is 11.8. The highest BCUT2D eigenvalue weighted by Gasteiger charge is 2.64. The molecule has 2 N–H and O–H groups in total. The van der Waals surface area contributed by atoms with E-state index in [-0.39, 0.29) is 58.7 Å². The number of rotatable bonds is 10. The van der Waals surface area contributed by atoms with Gasteiger partial charge >= 0.3 is 24.4 Å². The van der Waals surface area contributed by atoms with E-state index in [1.165, 1.54) is 21.4 Å². The SMILES string of the molecule is CCc1nnc([C@]23C[C@H](Cc4ccn5nc(-c6cc(NC(=O)N7[C@H]8C[C@H](C)C[C@]7(c7nnc(CC)o7)C8)ncc6C(F)(F)F)ncc45)C[C@H](C2)N3C(=O)Nc2cc(-c3ncc4cccn4n3)c(C(F)(F)F)cn2)o1. The van der Waals surface area contributed by atoms with E-state index < -0.39 is 52.2 Å². The van der Waals surface area contributed by atoms with Crippen molar-refractivity contribution in [3.8, 4) is 22.8 Å².